The van der Waals surface area contributed by atoms with Crippen molar-refractivity contribution in [2.45, 2.75) is 11.8 Å². The van der Waals surface area contributed by atoms with Crippen LogP contribution in [-0.2, 0) is 10.2 Å². The molecule has 13 heavy (non-hydrogen) atoms. The summed E-state index contributed by atoms with van der Waals surface area (Å²) in [4.78, 5) is 0. The highest BCUT2D eigenvalue weighted by molar-refractivity contribution is 5.28. The molecular formula is C10H9F2O. The van der Waals surface area contributed by atoms with Gasteiger partial charge >= 0.3 is 0 Å². The van der Waals surface area contributed by atoms with Crippen LogP contribution >= 0.6 is 0 Å². The minimum absolute atomic E-state index is 0.114. The van der Waals surface area contributed by atoms with E-state index in [4.69, 9.17) is 4.74 Å². The van der Waals surface area contributed by atoms with Gasteiger partial charge in [0.15, 0.2) is 0 Å². The van der Waals surface area contributed by atoms with E-state index in [0.29, 0.717) is 5.56 Å². The topological polar surface area (TPSA) is 9.23 Å². The van der Waals surface area contributed by atoms with Gasteiger partial charge in [-0.15, -0.1) is 0 Å². The minimum atomic E-state index is -2.36. The first-order valence-electron chi connectivity index (χ1n) is 4.08. The highest BCUT2D eigenvalue weighted by atomic mass is 19.3. The van der Waals surface area contributed by atoms with Gasteiger partial charge in [-0.2, -0.15) is 0 Å². The second-order valence-corrected chi connectivity index (χ2v) is 3.24. The van der Waals surface area contributed by atoms with Gasteiger partial charge in [-0.25, -0.2) is 8.78 Å². The van der Waals surface area contributed by atoms with Gasteiger partial charge in [0.1, 0.15) is 5.41 Å². The monoisotopic (exact) mass is 183 g/mol. The lowest BCUT2D eigenvalue weighted by atomic mass is 9.79. The Morgan fingerprint density at radius 3 is 2.62 bits per heavy atom. The largest absolute Gasteiger partial charge is 0.379 e. The van der Waals surface area contributed by atoms with E-state index < -0.39 is 11.8 Å². The summed E-state index contributed by atoms with van der Waals surface area (Å²) in [6.07, 6.45) is -2.36. The molecule has 1 heterocycles. The van der Waals surface area contributed by atoms with E-state index in [0.717, 1.165) is 0 Å². The molecule has 2 rings (SSSR count). The lowest BCUT2D eigenvalue weighted by Gasteiger charge is -2.40. The van der Waals surface area contributed by atoms with Crippen molar-refractivity contribution in [3.63, 3.8) is 0 Å². The molecule has 1 saturated heterocycles. The molecule has 3 heteroatoms. The van der Waals surface area contributed by atoms with E-state index in [1.165, 1.54) is 0 Å². The maximum atomic E-state index is 12.7. The second kappa shape index (κ2) is 3.07. The lowest BCUT2D eigenvalue weighted by molar-refractivity contribution is -0.133. The number of halogens is 2. The first kappa shape index (κ1) is 8.63. The maximum absolute atomic E-state index is 12.7. The fourth-order valence-corrected chi connectivity index (χ4v) is 1.44. The average Bonchev–Trinajstić information content (AvgIpc) is 2.03. The Morgan fingerprint density at radius 2 is 2.23 bits per heavy atom. The van der Waals surface area contributed by atoms with Crippen molar-refractivity contribution in [1.82, 2.24) is 0 Å². The third-order valence-electron chi connectivity index (χ3n) is 2.42. The highest BCUT2D eigenvalue weighted by Crippen LogP contribution is 2.37. The maximum Gasteiger partial charge on any atom is 0.252 e. The zero-order valence-corrected chi connectivity index (χ0v) is 6.97. The number of hydrogen-bond donors (Lipinski definition) is 0. The molecule has 0 atom stereocenters. The van der Waals surface area contributed by atoms with Crippen molar-refractivity contribution < 1.29 is 13.5 Å². The third kappa shape index (κ3) is 1.23. The van der Waals surface area contributed by atoms with Crippen molar-refractivity contribution in [1.29, 1.82) is 0 Å². The Balaban J connectivity index is 2.32. The van der Waals surface area contributed by atoms with Crippen LogP contribution in [-0.4, -0.2) is 19.6 Å². The molecule has 1 aromatic rings. The Kier molecular flexibility index (Phi) is 2.04. The van der Waals surface area contributed by atoms with E-state index in [1.54, 1.807) is 24.3 Å². The fraction of sp³-hybridized carbons (Fsp3) is 0.400. The molecular weight excluding hydrogens is 174 g/mol. The van der Waals surface area contributed by atoms with E-state index in [1.807, 2.05) is 0 Å². The Morgan fingerprint density at radius 1 is 1.46 bits per heavy atom. The molecule has 0 saturated carbocycles. The zero-order valence-electron chi connectivity index (χ0n) is 6.97. The van der Waals surface area contributed by atoms with Gasteiger partial charge < -0.3 is 4.74 Å². The van der Waals surface area contributed by atoms with E-state index in [-0.39, 0.29) is 13.2 Å². The highest BCUT2D eigenvalue weighted by Gasteiger charge is 2.48. The van der Waals surface area contributed by atoms with Crippen LogP contribution in [0.25, 0.3) is 0 Å². The molecule has 1 aromatic carbocycles. The number of hydrogen-bond acceptors (Lipinski definition) is 1. The zero-order chi connectivity index (χ0) is 9.31. The smallest absolute Gasteiger partial charge is 0.252 e. The molecule has 69 valence electrons. The number of ether oxygens (including phenoxy) is 1. The Bertz CT molecular complexity index is 280. The van der Waals surface area contributed by atoms with Gasteiger partial charge in [0.05, 0.1) is 13.2 Å². The Hall–Kier alpha value is -0.960. The average molecular weight is 183 g/mol. The summed E-state index contributed by atoms with van der Waals surface area (Å²) in [6, 6.07) is 9.52. The summed E-state index contributed by atoms with van der Waals surface area (Å²) < 4.78 is 30.3. The molecule has 0 aromatic heterocycles. The predicted octanol–water partition coefficient (Wildman–Crippen LogP) is 2.02. The molecule has 1 radical (unpaired) electrons. The van der Waals surface area contributed by atoms with Crippen LogP contribution in [0.15, 0.2) is 24.3 Å². The minimum Gasteiger partial charge on any atom is -0.379 e. The number of rotatable bonds is 2. The van der Waals surface area contributed by atoms with Crippen LogP contribution in [0.3, 0.4) is 0 Å². The normalized spacial score (nSPS) is 19.9. The third-order valence-corrected chi connectivity index (χ3v) is 2.42. The molecule has 1 fully saturated rings. The van der Waals surface area contributed by atoms with Gasteiger partial charge in [0, 0.05) is 0 Å². The van der Waals surface area contributed by atoms with Crippen LogP contribution in [0.1, 0.15) is 5.56 Å². The molecule has 1 aliphatic heterocycles. The summed E-state index contributed by atoms with van der Waals surface area (Å²) in [6.45, 7) is 0.227. The molecule has 0 bridgehead atoms. The SMILES string of the molecule is FC(F)C1(c2c[c]ccc2)COC1. The molecule has 1 nitrogen and oxygen atoms in total. The first-order chi connectivity index (χ1) is 6.26. The van der Waals surface area contributed by atoms with Crippen molar-refractivity contribution in [2.24, 2.45) is 0 Å². The molecule has 0 amide bonds. The van der Waals surface area contributed by atoms with Crippen LogP contribution in [0, 0.1) is 6.07 Å². The van der Waals surface area contributed by atoms with Gasteiger partial charge in [-0.05, 0) is 11.6 Å². The summed E-state index contributed by atoms with van der Waals surface area (Å²) in [5.41, 5.74) is -0.450. The van der Waals surface area contributed by atoms with E-state index in [2.05, 4.69) is 6.07 Å². The van der Waals surface area contributed by atoms with Crippen molar-refractivity contribution in [3.05, 3.63) is 35.9 Å². The standard InChI is InChI=1S/C10H9F2O/c11-9(12)10(6-13-7-10)8-4-2-1-3-5-8/h1-2,4-5,9H,6-7H2. The van der Waals surface area contributed by atoms with Crippen molar-refractivity contribution in [2.75, 3.05) is 13.2 Å². The molecule has 1 aliphatic rings. The summed E-state index contributed by atoms with van der Waals surface area (Å²) >= 11 is 0. The van der Waals surface area contributed by atoms with Crippen LogP contribution in [0.4, 0.5) is 8.78 Å². The molecule has 0 spiro atoms. The first-order valence-corrected chi connectivity index (χ1v) is 4.08. The van der Waals surface area contributed by atoms with Crippen LogP contribution in [0.5, 0.6) is 0 Å². The van der Waals surface area contributed by atoms with Crippen LogP contribution in [0.2, 0.25) is 0 Å². The molecule has 0 unspecified atom stereocenters. The number of alkyl halides is 2. The quantitative estimate of drug-likeness (QED) is 0.681. The summed E-state index contributed by atoms with van der Waals surface area (Å²) in [5, 5.41) is 0. The predicted molar refractivity (Wildman–Crippen MR) is 43.8 cm³/mol. The van der Waals surface area contributed by atoms with Gasteiger partial charge in [0.25, 0.3) is 6.43 Å². The Labute approximate surface area is 75.3 Å². The van der Waals surface area contributed by atoms with Gasteiger partial charge in [0.2, 0.25) is 0 Å². The summed E-state index contributed by atoms with van der Waals surface area (Å²) in [5.74, 6) is 0. The number of benzene rings is 1. The van der Waals surface area contributed by atoms with Gasteiger partial charge in [-0.1, -0.05) is 24.3 Å². The molecule has 0 aliphatic carbocycles. The van der Waals surface area contributed by atoms with Crippen LogP contribution < -0.4 is 0 Å². The van der Waals surface area contributed by atoms with Crippen molar-refractivity contribution in [3.8, 4) is 0 Å². The second-order valence-electron chi connectivity index (χ2n) is 3.24. The van der Waals surface area contributed by atoms with Crippen molar-refractivity contribution >= 4 is 0 Å². The molecule has 0 N–H and O–H groups in total. The summed E-state index contributed by atoms with van der Waals surface area (Å²) in [7, 11) is 0. The fourth-order valence-electron chi connectivity index (χ4n) is 1.44. The lowest BCUT2D eigenvalue weighted by Crippen LogP contribution is -2.52. The van der Waals surface area contributed by atoms with E-state index >= 15 is 0 Å². The van der Waals surface area contributed by atoms with Gasteiger partial charge in [-0.3, -0.25) is 0 Å². The van der Waals surface area contributed by atoms with E-state index in [9.17, 15) is 8.78 Å².